The number of carboxylic acid groups (broad SMARTS) is 1. The van der Waals surface area contributed by atoms with E-state index in [1.54, 1.807) is 6.92 Å². The topological polar surface area (TPSA) is 59.4 Å². The van der Waals surface area contributed by atoms with E-state index in [1.165, 1.54) is 0 Å². The second kappa shape index (κ2) is 5.79. The summed E-state index contributed by atoms with van der Waals surface area (Å²) >= 11 is 0. The molecule has 2 aromatic rings. The lowest BCUT2D eigenvalue weighted by atomic mass is 9.95. The predicted octanol–water partition coefficient (Wildman–Crippen LogP) is 3.92. The fraction of sp³-hybridized carbons (Fsp3) is 0.333. The first-order valence-corrected chi connectivity index (χ1v) is 7.60. The summed E-state index contributed by atoms with van der Waals surface area (Å²) in [6.45, 7) is 3.82. The van der Waals surface area contributed by atoms with Crippen LogP contribution in [0.15, 0.2) is 30.3 Å². The Kier molecular flexibility index (Phi) is 3.84. The van der Waals surface area contributed by atoms with E-state index in [2.05, 4.69) is 18.0 Å². The Bertz CT molecular complexity index is 724. The van der Waals surface area contributed by atoms with Crippen LogP contribution in [-0.2, 0) is 17.6 Å². The number of hydrogen-bond acceptors (Lipinski definition) is 3. The van der Waals surface area contributed by atoms with Gasteiger partial charge in [0, 0.05) is 17.7 Å². The van der Waals surface area contributed by atoms with Gasteiger partial charge in [-0.3, -0.25) is 4.79 Å². The summed E-state index contributed by atoms with van der Waals surface area (Å²) in [7, 11) is 0. The van der Waals surface area contributed by atoms with Crippen molar-refractivity contribution in [2.45, 2.75) is 39.0 Å². The first-order valence-electron chi connectivity index (χ1n) is 7.60. The highest BCUT2D eigenvalue weighted by atomic mass is 16.5. The van der Waals surface area contributed by atoms with E-state index >= 15 is 0 Å². The molecule has 1 aromatic heterocycles. The molecule has 0 fully saturated rings. The van der Waals surface area contributed by atoms with Crippen molar-refractivity contribution in [3.63, 3.8) is 0 Å². The summed E-state index contributed by atoms with van der Waals surface area (Å²) in [6.07, 6.45) is 2.72. The lowest BCUT2D eigenvalue weighted by Crippen LogP contribution is -2.10. The van der Waals surface area contributed by atoms with Gasteiger partial charge in [0.2, 0.25) is 5.88 Å². The van der Waals surface area contributed by atoms with E-state index in [-0.39, 0.29) is 0 Å². The van der Waals surface area contributed by atoms with Crippen molar-refractivity contribution in [3.8, 4) is 11.6 Å². The number of fused-ring (bicyclic) bond motifs is 2. The molecule has 1 aromatic carbocycles. The van der Waals surface area contributed by atoms with Crippen LogP contribution in [0.2, 0.25) is 0 Å². The van der Waals surface area contributed by atoms with Gasteiger partial charge in [0.25, 0.3) is 0 Å². The number of aliphatic carboxylic acids is 1. The lowest BCUT2D eigenvalue weighted by Gasteiger charge is -2.21. The number of ether oxygens (including phenoxy) is 1. The van der Waals surface area contributed by atoms with Crippen LogP contribution in [0.3, 0.4) is 0 Å². The van der Waals surface area contributed by atoms with E-state index in [4.69, 9.17) is 9.84 Å². The second-order valence-electron chi connectivity index (χ2n) is 5.72. The third-order valence-corrected chi connectivity index (χ3v) is 4.05. The Morgan fingerprint density at radius 3 is 2.86 bits per heavy atom. The van der Waals surface area contributed by atoms with Crippen LogP contribution in [0.1, 0.15) is 48.6 Å². The third-order valence-electron chi connectivity index (χ3n) is 4.05. The largest absolute Gasteiger partial charge is 0.481 e. The van der Waals surface area contributed by atoms with Gasteiger partial charge in [-0.25, -0.2) is 4.98 Å². The minimum Gasteiger partial charge on any atom is -0.481 e. The van der Waals surface area contributed by atoms with Gasteiger partial charge in [-0.15, -0.1) is 0 Å². The molecule has 1 N–H and O–H groups in total. The minimum atomic E-state index is -0.817. The third kappa shape index (κ3) is 2.69. The summed E-state index contributed by atoms with van der Waals surface area (Å²) in [4.78, 5) is 15.7. The highest BCUT2D eigenvalue weighted by Gasteiger charge is 2.21. The van der Waals surface area contributed by atoms with Crippen molar-refractivity contribution in [1.29, 1.82) is 0 Å². The molecule has 4 nitrogen and oxygen atoms in total. The molecule has 1 aliphatic rings. The Morgan fingerprint density at radius 2 is 2.14 bits per heavy atom. The second-order valence-corrected chi connectivity index (χ2v) is 5.72. The number of hydrogen-bond donors (Lipinski definition) is 1. The summed E-state index contributed by atoms with van der Waals surface area (Å²) in [6, 6.07) is 9.70. The molecule has 1 aliphatic heterocycles. The molecule has 0 saturated heterocycles. The van der Waals surface area contributed by atoms with Crippen LogP contribution in [0.25, 0.3) is 0 Å². The molecule has 0 aliphatic carbocycles. The number of carboxylic acids is 1. The maximum absolute atomic E-state index is 11.1. The van der Waals surface area contributed by atoms with Crippen LogP contribution in [0.5, 0.6) is 11.6 Å². The van der Waals surface area contributed by atoms with Crippen molar-refractivity contribution in [2.75, 3.05) is 0 Å². The van der Waals surface area contributed by atoms with Crippen molar-refractivity contribution in [3.05, 3.63) is 52.7 Å². The number of rotatable bonds is 4. The molecule has 1 unspecified atom stereocenters. The van der Waals surface area contributed by atoms with Crippen LogP contribution in [0.4, 0.5) is 0 Å². The number of pyridine rings is 1. The SMILES string of the molecule is CCCc1ccc2c(n1)Oc1ccc(C(C)C(=O)O)cc1C2. The Balaban J connectivity index is 1.91. The molecule has 0 amide bonds. The maximum Gasteiger partial charge on any atom is 0.310 e. The van der Waals surface area contributed by atoms with E-state index < -0.39 is 11.9 Å². The number of nitrogens with zero attached hydrogens (tertiary/aromatic N) is 1. The number of aryl methyl sites for hydroxylation is 1. The zero-order valence-electron chi connectivity index (χ0n) is 12.8. The molecule has 0 spiro atoms. The fourth-order valence-corrected chi connectivity index (χ4v) is 2.68. The van der Waals surface area contributed by atoms with Crippen molar-refractivity contribution >= 4 is 5.97 Å². The zero-order valence-corrected chi connectivity index (χ0v) is 12.8. The molecular formula is C18H19NO3. The average Bonchev–Trinajstić information content (AvgIpc) is 2.52. The molecule has 114 valence electrons. The van der Waals surface area contributed by atoms with Gasteiger partial charge >= 0.3 is 5.97 Å². The first kappa shape index (κ1) is 14.6. The van der Waals surface area contributed by atoms with E-state index in [0.29, 0.717) is 5.88 Å². The molecule has 22 heavy (non-hydrogen) atoms. The van der Waals surface area contributed by atoms with Gasteiger partial charge < -0.3 is 9.84 Å². The molecule has 1 atom stereocenters. The summed E-state index contributed by atoms with van der Waals surface area (Å²) in [5, 5.41) is 9.14. The molecule has 4 heteroatoms. The molecule has 2 heterocycles. The van der Waals surface area contributed by atoms with Crippen LogP contribution >= 0.6 is 0 Å². The predicted molar refractivity (Wildman–Crippen MR) is 83.6 cm³/mol. The fourth-order valence-electron chi connectivity index (χ4n) is 2.68. The Morgan fingerprint density at radius 1 is 1.32 bits per heavy atom. The number of carbonyl (C=O) groups is 1. The van der Waals surface area contributed by atoms with Crippen molar-refractivity contribution in [1.82, 2.24) is 4.98 Å². The summed E-state index contributed by atoms with van der Waals surface area (Å²) in [5.41, 5.74) is 3.91. The lowest BCUT2D eigenvalue weighted by molar-refractivity contribution is -0.138. The van der Waals surface area contributed by atoms with Gasteiger partial charge in [-0.1, -0.05) is 31.5 Å². The van der Waals surface area contributed by atoms with Gasteiger partial charge in [-0.05, 0) is 36.6 Å². The van der Waals surface area contributed by atoms with Crippen molar-refractivity contribution in [2.24, 2.45) is 0 Å². The van der Waals surface area contributed by atoms with Gasteiger partial charge in [-0.2, -0.15) is 0 Å². The maximum atomic E-state index is 11.1. The van der Waals surface area contributed by atoms with Gasteiger partial charge in [0.15, 0.2) is 0 Å². The average molecular weight is 297 g/mol. The summed E-state index contributed by atoms with van der Waals surface area (Å²) in [5.74, 6) is 0.118. The zero-order chi connectivity index (χ0) is 15.7. The highest BCUT2D eigenvalue weighted by Crippen LogP contribution is 2.36. The first-order chi connectivity index (χ1) is 10.6. The Labute approximate surface area is 129 Å². The normalized spacial score (nSPS) is 13.7. The number of aromatic nitrogens is 1. The molecule has 0 saturated carbocycles. The van der Waals surface area contributed by atoms with Crippen molar-refractivity contribution < 1.29 is 14.6 Å². The van der Waals surface area contributed by atoms with Crippen LogP contribution < -0.4 is 4.74 Å². The molecular weight excluding hydrogens is 278 g/mol. The Hall–Kier alpha value is -2.36. The van der Waals surface area contributed by atoms with Crippen LogP contribution in [0, 0.1) is 0 Å². The highest BCUT2D eigenvalue weighted by molar-refractivity contribution is 5.75. The minimum absolute atomic E-state index is 0.517. The summed E-state index contributed by atoms with van der Waals surface area (Å²) < 4.78 is 5.90. The van der Waals surface area contributed by atoms with Crippen LogP contribution in [-0.4, -0.2) is 16.1 Å². The molecule has 0 radical (unpaired) electrons. The molecule has 0 bridgehead atoms. The van der Waals surface area contributed by atoms with Gasteiger partial charge in [0.1, 0.15) is 5.75 Å². The van der Waals surface area contributed by atoms with Gasteiger partial charge in [0.05, 0.1) is 5.92 Å². The monoisotopic (exact) mass is 297 g/mol. The molecule has 3 rings (SSSR count). The van der Waals surface area contributed by atoms with E-state index in [0.717, 1.165) is 47.4 Å². The smallest absolute Gasteiger partial charge is 0.310 e. The standard InChI is InChI=1S/C18H19NO3/c1-3-4-15-7-5-13-10-14-9-12(11(2)18(20)21)6-8-16(14)22-17(13)19-15/h5-9,11H,3-4,10H2,1-2H3,(H,20,21). The van der Waals surface area contributed by atoms with E-state index in [1.807, 2.05) is 24.3 Å². The van der Waals surface area contributed by atoms with E-state index in [9.17, 15) is 4.79 Å². The number of benzene rings is 1. The quantitative estimate of drug-likeness (QED) is 0.793.